The predicted octanol–water partition coefficient (Wildman–Crippen LogP) is 3.61. The van der Waals surface area contributed by atoms with Gasteiger partial charge in [0.1, 0.15) is 10.4 Å². The van der Waals surface area contributed by atoms with Crippen molar-refractivity contribution in [1.82, 2.24) is 9.55 Å². The molecule has 1 heterocycles. The lowest BCUT2D eigenvalue weighted by Crippen LogP contribution is -2.09. The van der Waals surface area contributed by atoms with Crippen molar-refractivity contribution in [2.45, 2.75) is 45.4 Å². The van der Waals surface area contributed by atoms with Crippen molar-refractivity contribution in [2.75, 3.05) is 0 Å². The minimum absolute atomic E-state index is 0.865. The second kappa shape index (κ2) is 4.69. The third-order valence-electron chi connectivity index (χ3n) is 3.52. The first-order valence-corrected chi connectivity index (χ1v) is 6.65. The average Bonchev–Trinajstić information content (AvgIpc) is 2.48. The first-order valence-electron chi connectivity index (χ1n) is 5.86. The van der Waals surface area contributed by atoms with E-state index in [0.29, 0.717) is 0 Å². The highest BCUT2D eigenvalue weighted by atomic mass is 79.9. The highest BCUT2D eigenvalue weighted by molar-refractivity contribution is 9.10. The molecule has 0 unspecified atom stereocenters. The van der Waals surface area contributed by atoms with Gasteiger partial charge in [0.25, 0.3) is 0 Å². The van der Waals surface area contributed by atoms with Gasteiger partial charge in [-0.1, -0.05) is 32.1 Å². The number of hydrogen-bond donors (Lipinski definition) is 0. The molecule has 0 aromatic carbocycles. The molecule has 2 rings (SSSR count). The van der Waals surface area contributed by atoms with Crippen molar-refractivity contribution < 1.29 is 0 Å². The van der Waals surface area contributed by atoms with Crippen LogP contribution in [0.15, 0.2) is 4.60 Å². The number of hydrogen-bond acceptors (Lipinski definition) is 1. The highest BCUT2D eigenvalue weighted by Gasteiger charge is 2.18. The van der Waals surface area contributed by atoms with Crippen molar-refractivity contribution >= 4 is 15.9 Å². The Balaban J connectivity index is 2.06. The third kappa shape index (κ3) is 2.44. The van der Waals surface area contributed by atoms with Crippen LogP contribution in [0, 0.1) is 12.8 Å². The first kappa shape index (κ1) is 11.2. The van der Waals surface area contributed by atoms with Crippen LogP contribution in [0.3, 0.4) is 0 Å². The Bertz CT molecular complexity index is 338. The summed E-state index contributed by atoms with van der Waals surface area (Å²) >= 11 is 3.63. The summed E-state index contributed by atoms with van der Waals surface area (Å²) in [6.07, 6.45) is 8.19. The van der Waals surface area contributed by atoms with Gasteiger partial charge in [-0.05, 0) is 35.2 Å². The molecular formula is C12H19BrN2. The van der Waals surface area contributed by atoms with Crippen LogP contribution in [0.25, 0.3) is 0 Å². The van der Waals surface area contributed by atoms with Crippen molar-refractivity contribution in [3.05, 3.63) is 16.1 Å². The van der Waals surface area contributed by atoms with Gasteiger partial charge < -0.3 is 4.57 Å². The van der Waals surface area contributed by atoms with Gasteiger partial charge in [-0.25, -0.2) is 4.98 Å². The average molecular weight is 271 g/mol. The van der Waals surface area contributed by atoms with Crippen molar-refractivity contribution in [1.29, 1.82) is 0 Å². The molecule has 0 N–H and O–H groups in total. The number of aryl methyl sites for hydroxylation is 1. The minimum atomic E-state index is 0.865. The van der Waals surface area contributed by atoms with Gasteiger partial charge in [0.2, 0.25) is 0 Å². The van der Waals surface area contributed by atoms with Crippen molar-refractivity contribution in [3.8, 4) is 0 Å². The predicted molar refractivity (Wildman–Crippen MR) is 65.9 cm³/mol. The summed E-state index contributed by atoms with van der Waals surface area (Å²) in [5, 5.41) is 0. The topological polar surface area (TPSA) is 17.8 Å². The fourth-order valence-electron chi connectivity index (χ4n) is 2.45. The van der Waals surface area contributed by atoms with Gasteiger partial charge in [-0.3, -0.25) is 0 Å². The number of halogens is 1. The number of rotatable bonds is 2. The van der Waals surface area contributed by atoms with E-state index in [0.717, 1.165) is 18.2 Å². The van der Waals surface area contributed by atoms with Crippen LogP contribution in [-0.2, 0) is 13.5 Å². The molecular weight excluding hydrogens is 252 g/mol. The van der Waals surface area contributed by atoms with E-state index in [9.17, 15) is 0 Å². The maximum absolute atomic E-state index is 4.62. The monoisotopic (exact) mass is 270 g/mol. The Kier molecular flexibility index (Phi) is 3.49. The molecule has 1 aromatic rings. The van der Waals surface area contributed by atoms with E-state index in [1.54, 1.807) is 0 Å². The maximum Gasteiger partial charge on any atom is 0.108 e. The lowest BCUT2D eigenvalue weighted by molar-refractivity contribution is 0.354. The van der Waals surface area contributed by atoms with Crippen LogP contribution in [0.2, 0.25) is 0 Å². The third-order valence-corrected chi connectivity index (χ3v) is 4.51. The lowest BCUT2D eigenvalue weighted by atomic mass is 9.86. The fourth-order valence-corrected chi connectivity index (χ4v) is 2.95. The Morgan fingerprint density at radius 2 is 2.00 bits per heavy atom. The molecule has 1 aromatic heterocycles. The molecule has 1 saturated carbocycles. The quantitative estimate of drug-likeness (QED) is 0.803. The molecule has 0 atom stereocenters. The zero-order valence-electron chi connectivity index (χ0n) is 9.59. The van der Waals surface area contributed by atoms with Gasteiger partial charge in [0.15, 0.2) is 0 Å². The summed E-state index contributed by atoms with van der Waals surface area (Å²) in [6, 6.07) is 0. The van der Waals surface area contributed by atoms with E-state index >= 15 is 0 Å². The van der Waals surface area contributed by atoms with Gasteiger partial charge in [-0.15, -0.1) is 0 Å². The molecule has 0 spiro atoms. The Hall–Kier alpha value is -0.310. The number of imidazole rings is 1. The molecule has 0 amide bonds. The zero-order valence-corrected chi connectivity index (χ0v) is 11.2. The Labute approximate surface area is 100 Å². The highest BCUT2D eigenvalue weighted by Crippen LogP contribution is 2.29. The summed E-state index contributed by atoms with van der Waals surface area (Å²) in [7, 11) is 2.07. The molecule has 15 heavy (non-hydrogen) atoms. The summed E-state index contributed by atoms with van der Waals surface area (Å²) in [4.78, 5) is 4.62. The molecule has 3 heteroatoms. The Morgan fingerprint density at radius 3 is 2.53 bits per heavy atom. The largest absolute Gasteiger partial charge is 0.326 e. The molecule has 0 aliphatic heterocycles. The van der Waals surface area contributed by atoms with Gasteiger partial charge >= 0.3 is 0 Å². The minimum Gasteiger partial charge on any atom is -0.326 e. The maximum atomic E-state index is 4.62. The van der Waals surface area contributed by atoms with E-state index in [2.05, 4.69) is 39.5 Å². The molecule has 84 valence electrons. The standard InChI is InChI=1S/C12H19BrN2/c1-9-14-11(12(13)15(9)2)8-10-6-4-3-5-7-10/h10H,3-8H2,1-2H3. The van der Waals surface area contributed by atoms with Crippen LogP contribution >= 0.6 is 15.9 Å². The summed E-state index contributed by atoms with van der Waals surface area (Å²) in [5.74, 6) is 1.97. The molecule has 2 nitrogen and oxygen atoms in total. The van der Waals surface area contributed by atoms with Gasteiger partial charge in [0.05, 0.1) is 5.69 Å². The van der Waals surface area contributed by atoms with Crippen LogP contribution in [0.4, 0.5) is 0 Å². The van der Waals surface area contributed by atoms with E-state index in [1.807, 2.05) is 0 Å². The summed E-state index contributed by atoms with van der Waals surface area (Å²) < 4.78 is 3.30. The van der Waals surface area contributed by atoms with Crippen molar-refractivity contribution in [2.24, 2.45) is 13.0 Å². The van der Waals surface area contributed by atoms with E-state index in [-0.39, 0.29) is 0 Å². The molecule has 0 radical (unpaired) electrons. The Morgan fingerprint density at radius 1 is 1.33 bits per heavy atom. The van der Waals surface area contributed by atoms with Gasteiger partial charge in [-0.2, -0.15) is 0 Å². The lowest BCUT2D eigenvalue weighted by Gasteiger charge is -2.20. The van der Waals surface area contributed by atoms with E-state index in [1.165, 1.54) is 42.4 Å². The van der Waals surface area contributed by atoms with Crippen LogP contribution in [0.1, 0.15) is 43.6 Å². The fraction of sp³-hybridized carbons (Fsp3) is 0.750. The second-order valence-electron chi connectivity index (χ2n) is 4.66. The zero-order chi connectivity index (χ0) is 10.8. The molecule has 1 aliphatic rings. The molecule has 0 saturated heterocycles. The second-order valence-corrected chi connectivity index (χ2v) is 5.41. The van der Waals surface area contributed by atoms with Crippen molar-refractivity contribution in [3.63, 3.8) is 0 Å². The van der Waals surface area contributed by atoms with E-state index < -0.39 is 0 Å². The van der Waals surface area contributed by atoms with Crippen LogP contribution in [0.5, 0.6) is 0 Å². The smallest absolute Gasteiger partial charge is 0.108 e. The summed E-state index contributed by atoms with van der Waals surface area (Å²) in [5.41, 5.74) is 1.25. The SMILES string of the molecule is Cc1nc(CC2CCCCC2)c(Br)n1C. The molecule has 0 bridgehead atoms. The molecule has 1 fully saturated rings. The van der Waals surface area contributed by atoms with Crippen LogP contribution in [-0.4, -0.2) is 9.55 Å². The number of nitrogens with zero attached hydrogens (tertiary/aromatic N) is 2. The number of aromatic nitrogens is 2. The molecule has 1 aliphatic carbocycles. The van der Waals surface area contributed by atoms with Crippen LogP contribution < -0.4 is 0 Å². The normalized spacial score (nSPS) is 18.3. The van der Waals surface area contributed by atoms with Gasteiger partial charge in [0, 0.05) is 7.05 Å². The first-order chi connectivity index (χ1) is 7.18. The summed E-state index contributed by atoms with van der Waals surface area (Å²) in [6.45, 7) is 2.06. The van der Waals surface area contributed by atoms with E-state index in [4.69, 9.17) is 0 Å².